The molecule has 3 heteroatoms. The zero-order valence-corrected chi connectivity index (χ0v) is 16.2. The Hall–Kier alpha value is -0.570. The summed E-state index contributed by atoms with van der Waals surface area (Å²) in [4.78, 5) is 18.7. The van der Waals surface area contributed by atoms with E-state index in [0.717, 1.165) is 45.2 Å². The van der Waals surface area contributed by atoms with Crippen molar-refractivity contribution in [2.45, 2.75) is 92.4 Å². The number of hydroxylamine groups is 2. The molecule has 0 aliphatic carbocycles. The number of rotatable bonds is 10. The summed E-state index contributed by atoms with van der Waals surface area (Å²) in [6.45, 7) is 13.0. The second kappa shape index (κ2) is 10.3. The van der Waals surface area contributed by atoms with Crippen molar-refractivity contribution in [1.29, 1.82) is 0 Å². The minimum absolute atomic E-state index is 0.00566. The van der Waals surface area contributed by atoms with Gasteiger partial charge < -0.3 is 4.84 Å². The highest BCUT2D eigenvalue weighted by Gasteiger charge is 2.37. The van der Waals surface area contributed by atoms with Gasteiger partial charge in [-0.2, -0.15) is 0 Å². The zero-order chi connectivity index (χ0) is 17.3. The molecule has 0 bridgehead atoms. The number of carbonyl (C=O) groups is 1. The fraction of sp³-hybridized carbons (Fsp3) is 0.950. The summed E-state index contributed by atoms with van der Waals surface area (Å²) in [5.41, 5.74) is -0.332. The molecule has 1 aliphatic heterocycles. The number of hydrogen-bond donors (Lipinski definition) is 0. The van der Waals surface area contributed by atoms with Gasteiger partial charge in [0.25, 0.3) is 0 Å². The number of nitrogens with zero attached hydrogens (tertiary/aromatic N) is 1. The second-order valence-electron chi connectivity index (χ2n) is 8.33. The van der Waals surface area contributed by atoms with E-state index >= 15 is 0 Å². The molecule has 1 saturated heterocycles. The maximum atomic E-state index is 12.9. The monoisotopic (exact) mass is 325 g/mol. The van der Waals surface area contributed by atoms with Gasteiger partial charge in [0.2, 0.25) is 0 Å². The van der Waals surface area contributed by atoms with Crippen LogP contribution in [0.1, 0.15) is 92.4 Å². The predicted molar refractivity (Wildman–Crippen MR) is 97.0 cm³/mol. The van der Waals surface area contributed by atoms with Crippen LogP contribution < -0.4 is 0 Å². The van der Waals surface area contributed by atoms with Crippen LogP contribution in [0.3, 0.4) is 0 Å². The molecule has 1 rings (SSSR count). The van der Waals surface area contributed by atoms with Crippen molar-refractivity contribution >= 4 is 5.97 Å². The Bertz CT molecular complexity index is 337. The Balaban J connectivity index is 2.65. The number of unbranched alkanes of at least 4 members (excludes halogenated alkanes) is 2. The van der Waals surface area contributed by atoms with E-state index in [-0.39, 0.29) is 11.4 Å². The molecule has 0 aromatic heterocycles. The van der Waals surface area contributed by atoms with Gasteiger partial charge in [0.05, 0.1) is 5.41 Å². The summed E-state index contributed by atoms with van der Waals surface area (Å²) in [7, 11) is 0. The van der Waals surface area contributed by atoms with Crippen molar-refractivity contribution in [3.63, 3.8) is 0 Å². The molecular formula is C20H39NO2. The Morgan fingerprint density at radius 3 is 2.35 bits per heavy atom. The molecule has 3 nitrogen and oxygen atoms in total. The average Bonchev–Trinajstić information content (AvgIpc) is 2.47. The van der Waals surface area contributed by atoms with E-state index in [1.165, 1.54) is 25.7 Å². The van der Waals surface area contributed by atoms with Gasteiger partial charge in [0.1, 0.15) is 0 Å². The normalized spacial score (nSPS) is 20.3. The van der Waals surface area contributed by atoms with E-state index < -0.39 is 0 Å². The van der Waals surface area contributed by atoms with Crippen molar-refractivity contribution in [1.82, 2.24) is 5.06 Å². The van der Waals surface area contributed by atoms with Gasteiger partial charge in [0, 0.05) is 13.1 Å². The molecule has 0 aromatic carbocycles. The number of hydrogen-bond acceptors (Lipinski definition) is 3. The van der Waals surface area contributed by atoms with Crippen molar-refractivity contribution < 1.29 is 9.63 Å². The van der Waals surface area contributed by atoms with Gasteiger partial charge >= 0.3 is 5.97 Å². The maximum Gasteiger partial charge on any atom is 0.330 e. The molecule has 0 radical (unpaired) electrons. The standard InChI is InChI=1S/C20H39NO2/c1-6-7-9-12-20(5,16-18(4)15-17(2)3)19(22)23-21-13-10-8-11-14-21/h17-18H,6-16H2,1-5H3. The van der Waals surface area contributed by atoms with Crippen LogP contribution in [0.4, 0.5) is 0 Å². The Morgan fingerprint density at radius 2 is 1.78 bits per heavy atom. The topological polar surface area (TPSA) is 29.5 Å². The lowest BCUT2D eigenvalue weighted by Crippen LogP contribution is -2.39. The molecule has 2 atom stereocenters. The Labute approximate surface area is 144 Å². The summed E-state index contributed by atoms with van der Waals surface area (Å²) in [6.07, 6.45) is 10.1. The summed E-state index contributed by atoms with van der Waals surface area (Å²) in [5.74, 6) is 1.25. The van der Waals surface area contributed by atoms with Gasteiger partial charge in [-0.3, -0.25) is 0 Å². The van der Waals surface area contributed by atoms with Gasteiger partial charge in [-0.15, -0.1) is 5.06 Å². The van der Waals surface area contributed by atoms with Crippen molar-refractivity contribution in [3.8, 4) is 0 Å². The van der Waals surface area contributed by atoms with E-state index in [1.54, 1.807) is 0 Å². The van der Waals surface area contributed by atoms with Crippen LogP contribution in [0.15, 0.2) is 0 Å². The summed E-state index contributed by atoms with van der Waals surface area (Å²) in [6, 6.07) is 0. The Morgan fingerprint density at radius 1 is 1.13 bits per heavy atom. The first kappa shape index (κ1) is 20.5. The van der Waals surface area contributed by atoms with Crippen LogP contribution in [0.25, 0.3) is 0 Å². The van der Waals surface area contributed by atoms with E-state index in [2.05, 4.69) is 34.6 Å². The summed E-state index contributed by atoms with van der Waals surface area (Å²) in [5, 5.41) is 1.90. The van der Waals surface area contributed by atoms with Crippen LogP contribution in [-0.4, -0.2) is 24.1 Å². The maximum absolute atomic E-state index is 12.9. The predicted octanol–water partition coefficient (Wildman–Crippen LogP) is 5.59. The smallest absolute Gasteiger partial charge is 0.330 e. The molecule has 2 unspecified atom stereocenters. The molecule has 0 N–H and O–H groups in total. The van der Waals surface area contributed by atoms with Gasteiger partial charge in [-0.25, -0.2) is 4.79 Å². The summed E-state index contributed by atoms with van der Waals surface area (Å²) >= 11 is 0. The van der Waals surface area contributed by atoms with Gasteiger partial charge in [-0.05, 0) is 50.9 Å². The van der Waals surface area contributed by atoms with Crippen molar-refractivity contribution in [2.24, 2.45) is 17.3 Å². The molecule has 0 spiro atoms. The lowest BCUT2D eigenvalue weighted by Gasteiger charge is -2.34. The van der Waals surface area contributed by atoms with Crippen LogP contribution in [0.5, 0.6) is 0 Å². The third-order valence-electron chi connectivity index (χ3n) is 5.02. The molecule has 1 fully saturated rings. The highest BCUT2D eigenvalue weighted by atomic mass is 16.7. The first-order valence-electron chi connectivity index (χ1n) is 9.84. The van der Waals surface area contributed by atoms with E-state index in [9.17, 15) is 4.79 Å². The average molecular weight is 326 g/mol. The molecule has 0 saturated carbocycles. The second-order valence-corrected chi connectivity index (χ2v) is 8.33. The SMILES string of the molecule is CCCCCC(C)(CC(C)CC(C)C)C(=O)ON1CCCCC1. The molecule has 0 amide bonds. The minimum Gasteiger partial charge on any atom is -0.367 e. The third kappa shape index (κ3) is 7.69. The first-order chi connectivity index (χ1) is 10.9. The highest BCUT2D eigenvalue weighted by molar-refractivity contribution is 5.76. The zero-order valence-electron chi connectivity index (χ0n) is 16.2. The third-order valence-corrected chi connectivity index (χ3v) is 5.02. The van der Waals surface area contributed by atoms with E-state index in [1.807, 2.05) is 5.06 Å². The lowest BCUT2D eigenvalue weighted by molar-refractivity contribution is -0.207. The molecule has 1 aliphatic rings. The highest BCUT2D eigenvalue weighted by Crippen LogP contribution is 2.36. The van der Waals surface area contributed by atoms with Gasteiger partial charge in [0.15, 0.2) is 0 Å². The van der Waals surface area contributed by atoms with E-state index in [0.29, 0.717) is 11.8 Å². The van der Waals surface area contributed by atoms with Crippen molar-refractivity contribution in [3.05, 3.63) is 0 Å². The molecule has 136 valence electrons. The number of carbonyl (C=O) groups excluding carboxylic acids is 1. The minimum atomic E-state index is -0.332. The lowest BCUT2D eigenvalue weighted by atomic mass is 9.75. The number of piperidine rings is 1. The van der Waals surface area contributed by atoms with Gasteiger partial charge in [-0.1, -0.05) is 53.4 Å². The first-order valence-corrected chi connectivity index (χ1v) is 9.84. The van der Waals surface area contributed by atoms with Crippen molar-refractivity contribution in [2.75, 3.05) is 13.1 Å². The molecule has 1 heterocycles. The fourth-order valence-electron chi connectivity index (χ4n) is 3.89. The van der Waals surface area contributed by atoms with Crippen LogP contribution in [-0.2, 0) is 9.63 Å². The molecular weight excluding hydrogens is 286 g/mol. The largest absolute Gasteiger partial charge is 0.367 e. The fourth-order valence-corrected chi connectivity index (χ4v) is 3.89. The van der Waals surface area contributed by atoms with Crippen LogP contribution >= 0.6 is 0 Å². The summed E-state index contributed by atoms with van der Waals surface area (Å²) < 4.78 is 0. The van der Waals surface area contributed by atoms with E-state index in [4.69, 9.17) is 4.84 Å². The molecule has 0 aromatic rings. The quantitative estimate of drug-likeness (QED) is 0.490. The van der Waals surface area contributed by atoms with Crippen LogP contribution in [0, 0.1) is 17.3 Å². The van der Waals surface area contributed by atoms with Crippen LogP contribution in [0.2, 0.25) is 0 Å². The Kier molecular flexibility index (Phi) is 9.19. The molecule has 23 heavy (non-hydrogen) atoms.